The number of hydrogen-bond donors (Lipinski definition) is 1. The molecule has 0 spiro atoms. The number of carbonyl (C=O) groups is 1. The second-order valence-corrected chi connectivity index (χ2v) is 6.93. The van der Waals surface area contributed by atoms with Crippen molar-refractivity contribution in [2.24, 2.45) is 5.92 Å². The Morgan fingerprint density at radius 1 is 1.14 bits per heavy atom. The average Bonchev–Trinajstić information content (AvgIpc) is 2.71. The minimum Gasteiger partial charge on any atom is -0.347 e. The first-order valence-corrected chi connectivity index (χ1v) is 9.09. The minimum atomic E-state index is -0.995. The smallest absolute Gasteiger partial charge is 0.266 e. The van der Waals surface area contributed by atoms with E-state index in [1.54, 1.807) is 18.3 Å². The van der Waals surface area contributed by atoms with Crippen LogP contribution in [0.2, 0.25) is 0 Å². The summed E-state index contributed by atoms with van der Waals surface area (Å²) in [5.41, 5.74) is 0.717. The molecule has 2 heterocycles. The van der Waals surface area contributed by atoms with Crippen molar-refractivity contribution >= 4 is 5.91 Å². The van der Waals surface area contributed by atoms with Crippen LogP contribution in [0.4, 0.5) is 8.78 Å². The van der Waals surface area contributed by atoms with Crippen molar-refractivity contribution in [2.75, 3.05) is 0 Å². The van der Waals surface area contributed by atoms with Crippen LogP contribution in [0.3, 0.4) is 0 Å². The lowest BCUT2D eigenvalue weighted by molar-refractivity contribution is 0.0918. The summed E-state index contributed by atoms with van der Waals surface area (Å²) in [5.74, 6) is -2.25. The van der Waals surface area contributed by atoms with Crippen LogP contribution in [0.15, 0.2) is 59.7 Å². The van der Waals surface area contributed by atoms with Gasteiger partial charge in [0.25, 0.3) is 11.5 Å². The van der Waals surface area contributed by atoms with Gasteiger partial charge in [-0.15, -0.1) is 0 Å². The van der Waals surface area contributed by atoms with Gasteiger partial charge in [-0.05, 0) is 42.3 Å². The molecule has 1 N–H and O–H groups in total. The fourth-order valence-corrected chi connectivity index (χ4v) is 2.75. The Morgan fingerprint density at radius 2 is 1.93 bits per heavy atom. The summed E-state index contributed by atoms with van der Waals surface area (Å²) >= 11 is 0. The van der Waals surface area contributed by atoms with Gasteiger partial charge < -0.3 is 5.32 Å². The Morgan fingerprint density at radius 3 is 2.59 bits per heavy atom. The molecular weight excluding hydrogens is 378 g/mol. The highest BCUT2D eigenvalue weighted by atomic mass is 19.2. The van der Waals surface area contributed by atoms with Crippen LogP contribution in [-0.2, 0) is 6.54 Å². The molecule has 0 fully saturated rings. The molecule has 3 aromatic rings. The molecule has 3 rings (SSSR count). The fourth-order valence-electron chi connectivity index (χ4n) is 2.75. The molecule has 8 heteroatoms. The van der Waals surface area contributed by atoms with Gasteiger partial charge in [-0.2, -0.15) is 5.10 Å². The highest BCUT2D eigenvalue weighted by molar-refractivity contribution is 5.94. The van der Waals surface area contributed by atoms with Gasteiger partial charge in [-0.3, -0.25) is 14.6 Å². The van der Waals surface area contributed by atoms with E-state index in [1.807, 2.05) is 13.8 Å². The maximum atomic E-state index is 13.5. The maximum Gasteiger partial charge on any atom is 0.266 e. The van der Waals surface area contributed by atoms with E-state index in [9.17, 15) is 18.4 Å². The molecule has 150 valence electrons. The number of benzene rings is 1. The third-order valence-corrected chi connectivity index (χ3v) is 4.50. The molecule has 0 saturated carbocycles. The normalized spacial score (nSPS) is 12.0. The third-order valence-electron chi connectivity index (χ3n) is 4.50. The summed E-state index contributed by atoms with van der Waals surface area (Å²) in [5, 5.41) is 7.16. The summed E-state index contributed by atoms with van der Waals surface area (Å²) in [7, 11) is 0. The highest BCUT2D eigenvalue weighted by Crippen LogP contribution is 2.18. The van der Waals surface area contributed by atoms with E-state index in [2.05, 4.69) is 15.4 Å². The van der Waals surface area contributed by atoms with Crippen molar-refractivity contribution in [3.8, 4) is 11.3 Å². The summed E-state index contributed by atoms with van der Waals surface area (Å²) in [6, 6.07) is 9.11. The summed E-state index contributed by atoms with van der Waals surface area (Å²) in [6.07, 6.45) is 3.03. The van der Waals surface area contributed by atoms with Crippen molar-refractivity contribution in [2.45, 2.75) is 26.4 Å². The summed E-state index contributed by atoms with van der Waals surface area (Å²) in [6.45, 7) is 3.96. The Kier molecular flexibility index (Phi) is 6.11. The maximum absolute atomic E-state index is 13.5. The molecule has 1 aromatic carbocycles. The Hall–Kier alpha value is -3.42. The number of amides is 1. The zero-order chi connectivity index (χ0) is 21.0. The van der Waals surface area contributed by atoms with Crippen LogP contribution in [0.25, 0.3) is 11.3 Å². The zero-order valence-corrected chi connectivity index (χ0v) is 16.0. The molecule has 0 aliphatic rings. The first-order valence-electron chi connectivity index (χ1n) is 9.09. The van der Waals surface area contributed by atoms with Crippen molar-refractivity contribution in [1.29, 1.82) is 0 Å². The molecule has 1 amide bonds. The van der Waals surface area contributed by atoms with E-state index < -0.39 is 11.6 Å². The van der Waals surface area contributed by atoms with Gasteiger partial charge in [0, 0.05) is 24.0 Å². The van der Waals surface area contributed by atoms with Crippen LogP contribution in [0.1, 0.15) is 24.2 Å². The predicted molar refractivity (Wildman–Crippen MR) is 104 cm³/mol. The molecule has 0 saturated heterocycles. The number of hydrogen-bond acceptors (Lipinski definition) is 4. The zero-order valence-electron chi connectivity index (χ0n) is 16.0. The van der Waals surface area contributed by atoms with Gasteiger partial charge in [-0.1, -0.05) is 13.8 Å². The van der Waals surface area contributed by atoms with Gasteiger partial charge in [0.15, 0.2) is 11.6 Å². The molecule has 0 radical (unpaired) electrons. The number of rotatable bonds is 6. The quantitative estimate of drug-likeness (QED) is 0.692. The number of aromatic nitrogens is 3. The van der Waals surface area contributed by atoms with E-state index in [-0.39, 0.29) is 30.0 Å². The summed E-state index contributed by atoms with van der Waals surface area (Å²) < 4.78 is 27.9. The Labute approximate surface area is 166 Å². The topological polar surface area (TPSA) is 76.9 Å². The molecule has 29 heavy (non-hydrogen) atoms. The van der Waals surface area contributed by atoms with E-state index in [0.29, 0.717) is 16.8 Å². The lowest BCUT2D eigenvalue weighted by atomic mass is 10.0. The highest BCUT2D eigenvalue weighted by Gasteiger charge is 2.19. The third kappa shape index (κ3) is 4.90. The second-order valence-electron chi connectivity index (χ2n) is 6.93. The monoisotopic (exact) mass is 398 g/mol. The van der Waals surface area contributed by atoms with Crippen molar-refractivity contribution < 1.29 is 13.6 Å². The van der Waals surface area contributed by atoms with Crippen LogP contribution in [0, 0.1) is 17.6 Å². The largest absolute Gasteiger partial charge is 0.347 e. The molecule has 0 unspecified atom stereocenters. The average molecular weight is 398 g/mol. The van der Waals surface area contributed by atoms with Crippen LogP contribution in [0.5, 0.6) is 0 Å². The van der Waals surface area contributed by atoms with Gasteiger partial charge >= 0.3 is 0 Å². The second kappa shape index (κ2) is 8.72. The van der Waals surface area contributed by atoms with E-state index >= 15 is 0 Å². The van der Waals surface area contributed by atoms with Gasteiger partial charge in [0.05, 0.1) is 23.8 Å². The predicted octanol–water partition coefficient (Wildman–Crippen LogP) is 3.04. The number of nitrogens with zero attached hydrogens (tertiary/aromatic N) is 3. The number of carbonyl (C=O) groups excluding carboxylic acids is 1. The molecule has 0 aliphatic heterocycles. The fraction of sp³-hybridized carbons (Fsp3) is 0.238. The van der Waals surface area contributed by atoms with Crippen molar-refractivity contribution in [3.63, 3.8) is 0 Å². The minimum absolute atomic E-state index is 0.0104. The van der Waals surface area contributed by atoms with Crippen LogP contribution in [-0.4, -0.2) is 26.7 Å². The summed E-state index contributed by atoms with van der Waals surface area (Å²) in [4.78, 5) is 28.7. The van der Waals surface area contributed by atoms with Crippen molar-refractivity contribution in [1.82, 2.24) is 20.1 Å². The molecule has 2 aromatic heterocycles. The van der Waals surface area contributed by atoms with Gasteiger partial charge in [-0.25, -0.2) is 13.5 Å². The lowest BCUT2D eigenvalue weighted by Gasteiger charge is -2.23. The Bertz CT molecular complexity index is 1070. The first-order chi connectivity index (χ1) is 13.8. The number of pyridine rings is 1. The number of nitrogens with one attached hydrogen (secondary N) is 1. The van der Waals surface area contributed by atoms with E-state index in [0.717, 1.165) is 12.1 Å². The van der Waals surface area contributed by atoms with Gasteiger partial charge in [0.1, 0.15) is 0 Å². The van der Waals surface area contributed by atoms with E-state index in [4.69, 9.17) is 0 Å². The van der Waals surface area contributed by atoms with Crippen LogP contribution < -0.4 is 10.9 Å². The first kappa shape index (κ1) is 20.3. The molecule has 0 bridgehead atoms. The molecule has 6 nitrogen and oxygen atoms in total. The number of halogens is 2. The Balaban J connectivity index is 1.85. The molecule has 1 atom stereocenters. The van der Waals surface area contributed by atoms with Crippen LogP contribution >= 0.6 is 0 Å². The molecule has 0 aliphatic carbocycles. The van der Waals surface area contributed by atoms with Crippen molar-refractivity contribution in [3.05, 3.63) is 82.4 Å². The lowest BCUT2D eigenvalue weighted by Crippen LogP contribution is -2.44. The standard InChI is InChI=1S/C21H20F2N4O2/c1-13(2)19(25-21(29)15-4-3-9-24-11-15)12-27-20(28)8-7-18(26-27)14-5-6-16(22)17(23)10-14/h3-11,13,19H,12H2,1-2H3,(H,25,29)/t19-/m0/s1. The van der Waals surface area contributed by atoms with Gasteiger partial charge in [0.2, 0.25) is 0 Å². The molecular formula is C21H20F2N4O2. The van der Waals surface area contributed by atoms with E-state index in [1.165, 1.54) is 29.1 Å². The SMILES string of the molecule is CC(C)[C@H](Cn1nc(-c2ccc(F)c(F)c2)ccc1=O)NC(=O)c1cccnc1.